The van der Waals surface area contributed by atoms with Gasteiger partial charge in [-0.05, 0) is 0 Å². The zero-order valence-corrected chi connectivity index (χ0v) is 13.9. The van der Waals surface area contributed by atoms with Crippen LogP contribution in [0.3, 0.4) is 0 Å². The molecule has 20 heavy (non-hydrogen) atoms. The Balaban J connectivity index is 3.76. The number of hydrogen-bond donors (Lipinski definition) is 1. The van der Waals surface area contributed by atoms with Crippen molar-refractivity contribution in [2.75, 3.05) is 46.7 Å². The molecule has 120 valence electrons. The fourth-order valence-electron chi connectivity index (χ4n) is 1.73. The first-order valence-electron chi connectivity index (χ1n) is 7.07. The second-order valence-electron chi connectivity index (χ2n) is 6.79. The Morgan fingerprint density at radius 2 is 1.45 bits per heavy atom. The monoisotopic (exact) mass is 289 g/mol. The van der Waals surface area contributed by atoms with Gasteiger partial charge in [-0.3, -0.25) is 4.79 Å². The highest BCUT2D eigenvalue weighted by molar-refractivity contribution is 5.72. The van der Waals surface area contributed by atoms with E-state index in [0.29, 0.717) is 39.6 Å². The number of carbonyl (C=O) groups is 1. The van der Waals surface area contributed by atoms with Crippen LogP contribution in [0.15, 0.2) is 0 Å². The van der Waals surface area contributed by atoms with Crippen molar-refractivity contribution in [3.63, 3.8) is 0 Å². The van der Waals surface area contributed by atoms with Crippen LogP contribution in [0.4, 0.5) is 0 Å². The topological polar surface area (TPSA) is 56.8 Å². The van der Waals surface area contributed by atoms with E-state index in [4.69, 9.17) is 14.2 Å². The smallest absolute Gasteiger partial charge is 0.216 e. The lowest BCUT2D eigenvalue weighted by Crippen LogP contribution is -2.32. The van der Waals surface area contributed by atoms with Crippen molar-refractivity contribution in [2.45, 2.75) is 34.6 Å². The van der Waals surface area contributed by atoms with Crippen LogP contribution in [-0.2, 0) is 19.0 Å². The van der Waals surface area contributed by atoms with Crippen LogP contribution in [-0.4, -0.2) is 52.6 Å². The zero-order chi connectivity index (χ0) is 15.6. The van der Waals surface area contributed by atoms with Crippen LogP contribution < -0.4 is 5.32 Å². The van der Waals surface area contributed by atoms with Crippen LogP contribution in [0.5, 0.6) is 0 Å². The molecule has 0 aromatic heterocycles. The summed E-state index contributed by atoms with van der Waals surface area (Å²) in [5, 5.41) is 2.70. The molecule has 0 aliphatic carbocycles. The van der Waals surface area contributed by atoms with Crippen molar-refractivity contribution >= 4 is 5.91 Å². The van der Waals surface area contributed by atoms with Gasteiger partial charge in [0, 0.05) is 31.4 Å². The van der Waals surface area contributed by atoms with Gasteiger partial charge >= 0.3 is 0 Å². The molecule has 0 bridgehead atoms. The molecule has 0 saturated heterocycles. The van der Waals surface area contributed by atoms with Gasteiger partial charge in [0.05, 0.1) is 33.0 Å². The van der Waals surface area contributed by atoms with E-state index in [2.05, 4.69) is 33.0 Å². The molecule has 1 amide bonds. The van der Waals surface area contributed by atoms with Gasteiger partial charge in [-0.25, -0.2) is 0 Å². The average Bonchev–Trinajstić information content (AvgIpc) is 2.27. The molecule has 0 aromatic carbocycles. The number of rotatable bonds is 11. The van der Waals surface area contributed by atoms with Crippen LogP contribution in [0.1, 0.15) is 34.6 Å². The predicted octanol–water partition coefficient (Wildman–Crippen LogP) is 1.85. The molecule has 0 aliphatic rings. The Labute approximate surface area is 123 Å². The minimum absolute atomic E-state index is 0.0249. The van der Waals surface area contributed by atoms with Gasteiger partial charge in [0.2, 0.25) is 5.91 Å². The summed E-state index contributed by atoms with van der Waals surface area (Å²) in [6.07, 6.45) is 0. The first-order valence-corrected chi connectivity index (χ1v) is 7.07. The minimum atomic E-state index is -0.0423. The van der Waals surface area contributed by atoms with Crippen LogP contribution in [0, 0.1) is 10.8 Å². The van der Waals surface area contributed by atoms with E-state index in [9.17, 15) is 4.79 Å². The Hall–Kier alpha value is -0.650. The number of nitrogens with one attached hydrogen (secondary N) is 1. The number of carbonyl (C=O) groups excluding carboxylic acids is 1. The summed E-state index contributed by atoms with van der Waals surface area (Å²) in [5.74, 6) is -0.0310. The third-order valence-corrected chi connectivity index (χ3v) is 2.63. The highest BCUT2D eigenvalue weighted by Gasteiger charge is 2.22. The summed E-state index contributed by atoms with van der Waals surface area (Å²) in [7, 11) is 1.70. The number of methoxy groups -OCH3 is 1. The molecular weight excluding hydrogens is 258 g/mol. The molecule has 0 rings (SSSR count). The van der Waals surface area contributed by atoms with Gasteiger partial charge in [0.1, 0.15) is 0 Å². The Kier molecular flexibility index (Phi) is 9.01. The summed E-state index contributed by atoms with van der Waals surface area (Å²) in [6, 6.07) is 0. The van der Waals surface area contributed by atoms with Crippen molar-refractivity contribution < 1.29 is 19.0 Å². The van der Waals surface area contributed by atoms with Crippen molar-refractivity contribution in [1.29, 1.82) is 0 Å². The molecular formula is C15H31NO4. The third-order valence-electron chi connectivity index (χ3n) is 2.63. The molecule has 0 spiro atoms. The molecule has 0 fully saturated rings. The van der Waals surface area contributed by atoms with E-state index in [-0.39, 0.29) is 16.7 Å². The lowest BCUT2D eigenvalue weighted by Gasteiger charge is -2.28. The normalized spacial score (nSPS) is 12.5. The highest BCUT2D eigenvalue weighted by atomic mass is 16.5. The SMILES string of the molecule is COCC(C)(C)COCC(C)(C)COCCNC(C)=O. The second kappa shape index (κ2) is 9.32. The number of hydrogen-bond acceptors (Lipinski definition) is 4. The summed E-state index contributed by atoms with van der Waals surface area (Å²) in [5.41, 5.74) is -0.0174. The van der Waals surface area contributed by atoms with Crippen molar-refractivity contribution in [3.05, 3.63) is 0 Å². The molecule has 0 aliphatic heterocycles. The van der Waals surface area contributed by atoms with Gasteiger partial charge in [0.25, 0.3) is 0 Å². The molecule has 1 N–H and O–H groups in total. The molecule has 0 heterocycles. The third kappa shape index (κ3) is 11.2. The lowest BCUT2D eigenvalue weighted by molar-refractivity contribution is -0.119. The van der Waals surface area contributed by atoms with Crippen LogP contribution in [0.25, 0.3) is 0 Å². The summed E-state index contributed by atoms with van der Waals surface area (Å²) >= 11 is 0. The van der Waals surface area contributed by atoms with E-state index in [1.54, 1.807) is 7.11 Å². The van der Waals surface area contributed by atoms with Crippen molar-refractivity contribution in [2.24, 2.45) is 10.8 Å². The maximum atomic E-state index is 10.7. The Bertz CT molecular complexity index is 277. The van der Waals surface area contributed by atoms with Gasteiger partial charge in [-0.2, -0.15) is 0 Å². The fourth-order valence-corrected chi connectivity index (χ4v) is 1.73. The maximum Gasteiger partial charge on any atom is 0.216 e. The fraction of sp³-hybridized carbons (Fsp3) is 0.933. The van der Waals surface area contributed by atoms with Gasteiger partial charge in [0.15, 0.2) is 0 Å². The van der Waals surface area contributed by atoms with Crippen LogP contribution >= 0.6 is 0 Å². The van der Waals surface area contributed by atoms with Crippen LogP contribution in [0.2, 0.25) is 0 Å². The van der Waals surface area contributed by atoms with E-state index >= 15 is 0 Å². The zero-order valence-electron chi connectivity index (χ0n) is 13.9. The van der Waals surface area contributed by atoms with Crippen molar-refractivity contribution in [1.82, 2.24) is 5.32 Å². The molecule has 0 unspecified atom stereocenters. The summed E-state index contributed by atoms with van der Waals surface area (Å²) in [6.45, 7) is 13.6. The number of amides is 1. The van der Waals surface area contributed by atoms with Crippen molar-refractivity contribution in [3.8, 4) is 0 Å². The number of ether oxygens (including phenoxy) is 3. The average molecular weight is 289 g/mol. The van der Waals surface area contributed by atoms with Gasteiger partial charge in [-0.1, -0.05) is 27.7 Å². The van der Waals surface area contributed by atoms with Gasteiger partial charge in [-0.15, -0.1) is 0 Å². The quantitative estimate of drug-likeness (QED) is 0.590. The lowest BCUT2D eigenvalue weighted by atomic mass is 9.94. The Morgan fingerprint density at radius 1 is 0.950 bits per heavy atom. The summed E-state index contributed by atoms with van der Waals surface area (Å²) < 4.78 is 16.5. The maximum absolute atomic E-state index is 10.7. The molecule has 0 atom stereocenters. The first kappa shape index (κ1) is 19.4. The standard InChI is InChI=1S/C15H31NO4/c1-13(17)16-7-8-19-10-15(4,5)12-20-11-14(2,3)9-18-6/h7-12H2,1-6H3,(H,16,17). The summed E-state index contributed by atoms with van der Waals surface area (Å²) in [4.78, 5) is 10.7. The van der Waals surface area contributed by atoms with E-state index in [1.807, 2.05) is 0 Å². The molecule has 5 heteroatoms. The molecule has 0 radical (unpaired) electrons. The molecule has 0 aromatic rings. The Morgan fingerprint density at radius 3 is 1.95 bits per heavy atom. The predicted molar refractivity (Wildman–Crippen MR) is 79.8 cm³/mol. The highest BCUT2D eigenvalue weighted by Crippen LogP contribution is 2.20. The largest absolute Gasteiger partial charge is 0.384 e. The van der Waals surface area contributed by atoms with E-state index in [1.165, 1.54) is 6.92 Å². The van der Waals surface area contributed by atoms with Gasteiger partial charge < -0.3 is 19.5 Å². The van der Waals surface area contributed by atoms with E-state index < -0.39 is 0 Å². The molecule has 0 saturated carbocycles. The second-order valence-corrected chi connectivity index (χ2v) is 6.79. The molecule has 5 nitrogen and oxygen atoms in total. The minimum Gasteiger partial charge on any atom is -0.384 e. The first-order chi connectivity index (χ1) is 9.18. The van der Waals surface area contributed by atoms with E-state index in [0.717, 1.165) is 0 Å².